The van der Waals surface area contributed by atoms with Crippen molar-refractivity contribution in [1.82, 2.24) is 19.9 Å². The summed E-state index contributed by atoms with van der Waals surface area (Å²) in [7, 11) is 0. The summed E-state index contributed by atoms with van der Waals surface area (Å²) in [5.74, 6) is 0.495. The molecule has 0 saturated carbocycles. The molecule has 1 aromatic heterocycles. The Morgan fingerprint density at radius 1 is 1.17 bits per heavy atom. The number of unbranched alkanes of at least 4 members (excludes halogenated alkanes) is 1. The quantitative estimate of drug-likeness (QED) is 0.0548. The Labute approximate surface area is 287 Å². The molecule has 3 rings (SSSR count). The number of aromatic hydroxyl groups is 1. The number of halogens is 1. The molecule has 0 aliphatic carbocycles. The van der Waals surface area contributed by atoms with E-state index in [0.29, 0.717) is 54.7 Å². The van der Waals surface area contributed by atoms with Gasteiger partial charge in [-0.2, -0.15) is 0 Å². The molecule has 1 atom stereocenters. The number of hydrogen-bond donors (Lipinski definition) is 4. The van der Waals surface area contributed by atoms with Gasteiger partial charge in [-0.3, -0.25) is 24.5 Å². The highest BCUT2D eigenvalue weighted by Crippen LogP contribution is 2.34. The van der Waals surface area contributed by atoms with Gasteiger partial charge in [0.15, 0.2) is 5.13 Å². The fourth-order valence-electron chi connectivity index (χ4n) is 4.23. The minimum absolute atomic E-state index is 0.00873. The van der Waals surface area contributed by atoms with E-state index in [1.54, 1.807) is 23.6 Å². The van der Waals surface area contributed by atoms with Gasteiger partial charge in [-0.1, -0.05) is 49.9 Å². The average molecular weight is 690 g/mol. The maximum atomic E-state index is 14.2. The lowest BCUT2D eigenvalue weighted by Crippen LogP contribution is -2.38. The van der Waals surface area contributed by atoms with Crippen molar-refractivity contribution in [3.05, 3.63) is 114 Å². The van der Waals surface area contributed by atoms with Gasteiger partial charge in [-0.25, -0.2) is 9.37 Å². The number of nitrogens with zero attached hydrogens (tertiary/aromatic N) is 2. The lowest BCUT2D eigenvalue weighted by atomic mass is 10.0. The number of hydrogen-bond acceptors (Lipinski definition) is 8. The molecule has 250 valence electrons. The van der Waals surface area contributed by atoms with Gasteiger partial charge in [0.05, 0.1) is 0 Å². The largest absolute Gasteiger partial charge is 0.508 e. The molecule has 13 heteroatoms. The van der Waals surface area contributed by atoms with E-state index in [1.165, 1.54) is 46.5 Å². The van der Waals surface area contributed by atoms with Crippen molar-refractivity contribution in [3.63, 3.8) is 0 Å². The molecule has 48 heavy (non-hydrogen) atoms. The summed E-state index contributed by atoms with van der Waals surface area (Å²) in [5, 5.41) is 17.8. The number of benzene rings is 1. The Kier molecular flexibility index (Phi) is 14.6. The predicted molar refractivity (Wildman–Crippen MR) is 188 cm³/mol. The second kappa shape index (κ2) is 18.8. The van der Waals surface area contributed by atoms with Crippen molar-refractivity contribution in [2.45, 2.75) is 31.7 Å². The Hall–Kier alpha value is -5.19. The van der Waals surface area contributed by atoms with Gasteiger partial charge < -0.3 is 20.0 Å². The van der Waals surface area contributed by atoms with Gasteiger partial charge in [0.1, 0.15) is 17.6 Å². The SMILES string of the molecule is C#CCCCC(=O)NSCCCNC(=O)C(=C)/C=C\C(=C)C(=C)/C=C\C1=CC(=O)N(C(C(=O)Nc2nccs2)c2cc(F)ccc2O)C1. The number of nitrogens with one attached hydrogen (secondary N) is 3. The van der Waals surface area contributed by atoms with Crippen LogP contribution in [-0.2, 0) is 19.2 Å². The molecular formula is C35H36FN5O5S2. The molecule has 0 fully saturated rings. The zero-order valence-corrected chi connectivity index (χ0v) is 27.8. The molecule has 1 aliphatic rings. The van der Waals surface area contributed by atoms with Crippen LogP contribution >= 0.6 is 23.3 Å². The van der Waals surface area contributed by atoms with Crippen molar-refractivity contribution in [1.29, 1.82) is 0 Å². The van der Waals surface area contributed by atoms with Crippen molar-refractivity contribution < 1.29 is 28.7 Å². The molecule has 0 saturated heterocycles. The summed E-state index contributed by atoms with van der Waals surface area (Å²) in [5.41, 5.74) is 1.65. The fraction of sp³-hybridized carbons (Fsp3) is 0.229. The minimum atomic E-state index is -1.34. The van der Waals surface area contributed by atoms with E-state index in [0.717, 1.165) is 18.2 Å². The van der Waals surface area contributed by atoms with E-state index in [9.17, 15) is 28.7 Å². The first-order valence-corrected chi connectivity index (χ1v) is 16.6. The van der Waals surface area contributed by atoms with Crippen LogP contribution in [0.15, 0.2) is 102 Å². The van der Waals surface area contributed by atoms with Crippen LogP contribution in [0.4, 0.5) is 9.52 Å². The average Bonchev–Trinajstić information content (AvgIpc) is 3.71. The van der Waals surface area contributed by atoms with E-state index in [4.69, 9.17) is 6.42 Å². The monoisotopic (exact) mass is 689 g/mol. The lowest BCUT2D eigenvalue weighted by Gasteiger charge is -2.27. The van der Waals surface area contributed by atoms with Crippen molar-refractivity contribution in [2.24, 2.45) is 0 Å². The molecule has 0 radical (unpaired) electrons. The van der Waals surface area contributed by atoms with E-state index in [-0.39, 0.29) is 40.4 Å². The molecule has 2 aromatic rings. The first-order valence-electron chi connectivity index (χ1n) is 14.8. The third kappa shape index (κ3) is 11.6. The van der Waals surface area contributed by atoms with Gasteiger partial charge in [-0.05, 0) is 53.8 Å². The normalized spacial score (nSPS) is 13.2. The second-order valence-electron chi connectivity index (χ2n) is 10.4. The number of allylic oxidation sites excluding steroid dienone is 4. The Balaban J connectivity index is 1.50. The summed E-state index contributed by atoms with van der Waals surface area (Å²) in [6.07, 6.45) is 16.6. The summed E-state index contributed by atoms with van der Waals surface area (Å²) in [6, 6.07) is 1.85. The molecule has 4 N–H and O–H groups in total. The fourth-order valence-corrected chi connectivity index (χ4v) is 5.41. The number of terminal acetylenes is 1. The van der Waals surface area contributed by atoms with Crippen LogP contribution in [0.25, 0.3) is 0 Å². The van der Waals surface area contributed by atoms with E-state index >= 15 is 0 Å². The smallest absolute Gasteiger partial charge is 0.253 e. The number of aromatic nitrogens is 1. The number of carbonyl (C=O) groups is 4. The van der Waals surface area contributed by atoms with Crippen molar-refractivity contribution in [3.8, 4) is 18.1 Å². The maximum absolute atomic E-state index is 14.2. The van der Waals surface area contributed by atoms with Crippen LogP contribution in [0.5, 0.6) is 5.75 Å². The first-order chi connectivity index (χ1) is 23.0. The third-order valence-electron chi connectivity index (χ3n) is 6.76. The molecule has 0 bridgehead atoms. The molecular weight excluding hydrogens is 654 g/mol. The highest BCUT2D eigenvalue weighted by molar-refractivity contribution is 7.97. The summed E-state index contributed by atoms with van der Waals surface area (Å²) < 4.78 is 16.9. The predicted octanol–water partition coefficient (Wildman–Crippen LogP) is 5.29. The molecule has 2 heterocycles. The Bertz CT molecular complexity index is 1690. The van der Waals surface area contributed by atoms with Gasteiger partial charge in [0, 0.05) is 60.5 Å². The van der Waals surface area contributed by atoms with Gasteiger partial charge in [0.25, 0.3) is 11.8 Å². The number of phenolic OH excluding ortho intramolecular Hbond substituents is 1. The van der Waals surface area contributed by atoms with Crippen molar-refractivity contribution >= 4 is 52.0 Å². The van der Waals surface area contributed by atoms with Crippen LogP contribution in [-0.4, -0.2) is 57.5 Å². The molecule has 1 unspecified atom stereocenters. The highest BCUT2D eigenvalue weighted by atomic mass is 32.2. The lowest BCUT2D eigenvalue weighted by molar-refractivity contribution is -0.133. The van der Waals surface area contributed by atoms with E-state index in [1.807, 2.05) is 0 Å². The zero-order chi connectivity index (χ0) is 35.1. The maximum Gasteiger partial charge on any atom is 0.253 e. The zero-order valence-electron chi connectivity index (χ0n) is 26.2. The number of phenols is 1. The summed E-state index contributed by atoms with van der Waals surface area (Å²) in [6.45, 7) is 12.1. The van der Waals surface area contributed by atoms with Gasteiger partial charge in [0.2, 0.25) is 11.8 Å². The minimum Gasteiger partial charge on any atom is -0.508 e. The molecule has 10 nitrogen and oxygen atoms in total. The highest BCUT2D eigenvalue weighted by Gasteiger charge is 2.36. The van der Waals surface area contributed by atoms with Crippen LogP contribution in [0.3, 0.4) is 0 Å². The van der Waals surface area contributed by atoms with Crippen LogP contribution in [0, 0.1) is 18.2 Å². The molecule has 1 aliphatic heterocycles. The van der Waals surface area contributed by atoms with Crippen molar-refractivity contribution in [2.75, 3.05) is 24.2 Å². The Morgan fingerprint density at radius 3 is 2.65 bits per heavy atom. The van der Waals surface area contributed by atoms with Crippen LogP contribution in [0.1, 0.15) is 37.3 Å². The van der Waals surface area contributed by atoms with Gasteiger partial charge in [-0.15, -0.1) is 23.7 Å². The molecule has 4 amide bonds. The Morgan fingerprint density at radius 2 is 1.92 bits per heavy atom. The number of rotatable bonds is 18. The molecule has 0 spiro atoms. The van der Waals surface area contributed by atoms with Crippen LogP contribution in [0.2, 0.25) is 0 Å². The van der Waals surface area contributed by atoms with Crippen LogP contribution < -0.4 is 15.4 Å². The summed E-state index contributed by atoms with van der Waals surface area (Å²) >= 11 is 2.45. The van der Waals surface area contributed by atoms with E-state index < -0.39 is 23.7 Å². The number of anilines is 1. The third-order valence-corrected chi connectivity index (χ3v) is 8.31. The molecule has 1 aromatic carbocycles. The second-order valence-corrected chi connectivity index (χ2v) is 12.2. The van der Waals surface area contributed by atoms with E-state index in [2.05, 4.69) is 46.0 Å². The number of amides is 4. The topological polar surface area (TPSA) is 141 Å². The number of carbonyl (C=O) groups excluding carboxylic acids is 4. The number of thiazole rings is 1. The summed E-state index contributed by atoms with van der Waals surface area (Å²) in [4.78, 5) is 55.6. The van der Waals surface area contributed by atoms with Gasteiger partial charge >= 0.3 is 0 Å². The first kappa shape index (κ1) is 37.3. The standard InChI is InChI=1S/C35H36FN5O5S2/c1-5-6-7-9-30(43)40-48-18-8-16-37-33(45)25(4)11-10-23(2)24(3)12-13-26-20-31(44)41(22-26)32(28-21-27(36)14-15-29(28)42)34(46)39-35-38-17-19-47-35/h1,10-15,17,19-21,32,42H,2-4,6-9,16,18,22H2,(H,37,45)(H,40,43)(H,38,39,46)/b11-10-,13-12-.